The van der Waals surface area contributed by atoms with E-state index in [1.165, 1.54) is 7.05 Å². The lowest BCUT2D eigenvalue weighted by Gasteiger charge is -2.17. The molecule has 1 heterocycles. The van der Waals surface area contributed by atoms with Gasteiger partial charge in [-0.05, 0) is 13.3 Å². The number of esters is 1. The van der Waals surface area contributed by atoms with E-state index in [0.717, 1.165) is 6.42 Å². The Balaban J connectivity index is 2.25. The number of amides is 1. The monoisotopic (exact) mass is 259 g/mol. The van der Waals surface area contributed by atoms with Gasteiger partial charge in [0.25, 0.3) is 0 Å². The van der Waals surface area contributed by atoms with E-state index in [4.69, 9.17) is 14.2 Å². The summed E-state index contributed by atoms with van der Waals surface area (Å²) in [6.07, 6.45) is 1.38. The molecule has 1 rings (SSSR count). The number of likely N-dealkylation sites (N-methyl/N-ethyl adjacent to an activating group) is 1. The van der Waals surface area contributed by atoms with Crippen LogP contribution in [0.1, 0.15) is 26.7 Å². The van der Waals surface area contributed by atoms with Crippen molar-refractivity contribution in [1.82, 2.24) is 5.32 Å². The second kappa shape index (κ2) is 7.33. The molecule has 6 nitrogen and oxygen atoms in total. The van der Waals surface area contributed by atoms with Crippen LogP contribution < -0.4 is 5.32 Å². The van der Waals surface area contributed by atoms with Crippen molar-refractivity contribution in [1.29, 1.82) is 0 Å². The molecule has 0 aromatic rings. The Hall–Kier alpha value is -1.14. The maximum Gasteiger partial charge on any atom is 0.332 e. The smallest absolute Gasteiger partial charge is 0.332 e. The molecule has 1 amide bonds. The average Bonchev–Trinajstić information content (AvgIpc) is 2.69. The predicted molar refractivity (Wildman–Crippen MR) is 64.0 cm³/mol. The van der Waals surface area contributed by atoms with E-state index in [2.05, 4.69) is 5.32 Å². The maximum absolute atomic E-state index is 11.5. The highest BCUT2D eigenvalue weighted by Gasteiger charge is 2.34. The van der Waals surface area contributed by atoms with Gasteiger partial charge < -0.3 is 19.5 Å². The van der Waals surface area contributed by atoms with Crippen LogP contribution in [0, 0.1) is 0 Å². The standard InChI is InChI=1S/C12H21NO5/c1-4-9-10(5-8(2)17-9)18-12(15)7-16-6-11(14)13-3/h8-10H,4-7H2,1-3H3,(H,13,14)/t8-,9+,10+/m0/s1. The van der Waals surface area contributed by atoms with E-state index < -0.39 is 5.97 Å². The molecule has 6 heteroatoms. The van der Waals surface area contributed by atoms with E-state index >= 15 is 0 Å². The highest BCUT2D eigenvalue weighted by Crippen LogP contribution is 2.25. The number of carbonyl (C=O) groups excluding carboxylic acids is 2. The van der Waals surface area contributed by atoms with Crippen LogP contribution in [0.3, 0.4) is 0 Å². The van der Waals surface area contributed by atoms with Crippen LogP contribution >= 0.6 is 0 Å². The van der Waals surface area contributed by atoms with Gasteiger partial charge in [0.1, 0.15) is 19.3 Å². The molecular formula is C12H21NO5. The minimum atomic E-state index is -0.458. The number of rotatable bonds is 6. The van der Waals surface area contributed by atoms with Gasteiger partial charge in [-0.25, -0.2) is 4.79 Å². The zero-order valence-corrected chi connectivity index (χ0v) is 11.1. The summed E-state index contributed by atoms with van der Waals surface area (Å²) in [6.45, 7) is 3.60. The molecule has 0 aliphatic carbocycles. The van der Waals surface area contributed by atoms with Crippen molar-refractivity contribution in [3.63, 3.8) is 0 Å². The summed E-state index contributed by atoms with van der Waals surface area (Å²) in [5.74, 6) is -0.730. The molecule has 0 aromatic heterocycles. The average molecular weight is 259 g/mol. The summed E-state index contributed by atoms with van der Waals surface area (Å²) in [5, 5.41) is 2.40. The van der Waals surface area contributed by atoms with Gasteiger partial charge in [0, 0.05) is 13.5 Å². The van der Waals surface area contributed by atoms with E-state index in [1.807, 2.05) is 13.8 Å². The van der Waals surface area contributed by atoms with Gasteiger partial charge in [0.05, 0.1) is 12.2 Å². The first kappa shape index (κ1) is 14.9. The SMILES string of the molecule is CC[C@H]1O[C@@H](C)C[C@H]1OC(=O)COCC(=O)NC. The molecule has 0 radical (unpaired) electrons. The Morgan fingerprint density at radius 2 is 2.11 bits per heavy atom. The van der Waals surface area contributed by atoms with Crippen molar-refractivity contribution in [3.8, 4) is 0 Å². The lowest BCUT2D eigenvalue weighted by Crippen LogP contribution is -2.30. The molecule has 0 spiro atoms. The van der Waals surface area contributed by atoms with Crippen LogP contribution in [-0.4, -0.2) is 50.4 Å². The van der Waals surface area contributed by atoms with Crippen molar-refractivity contribution < 1.29 is 23.8 Å². The van der Waals surface area contributed by atoms with Crippen LogP contribution in [0.4, 0.5) is 0 Å². The normalized spacial score (nSPS) is 26.9. The lowest BCUT2D eigenvalue weighted by atomic mass is 10.1. The fourth-order valence-corrected chi connectivity index (χ4v) is 1.91. The van der Waals surface area contributed by atoms with Crippen molar-refractivity contribution in [3.05, 3.63) is 0 Å². The number of hydrogen-bond donors (Lipinski definition) is 1. The highest BCUT2D eigenvalue weighted by atomic mass is 16.6. The summed E-state index contributed by atoms with van der Waals surface area (Å²) in [7, 11) is 1.51. The molecule has 0 bridgehead atoms. The Morgan fingerprint density at radius 3 is 2.72 bits per heavy atom. The fraction of sp³-hybridized carbons (Fsp3) is 0.833. The molecule has 1 aliphatic heterocycles. The molecule has 104 valence electrons. The van der Waals surface area contributed by atoms with Crippen LogP contribution in [0.25, 0.3) is 0 Å². The van der Waals surface area contributed by atoms with Crippen LogP contribution in [0.2, 0.25) is 0 Å². The predicted octanol–water partition coefficient (Wildman–Crippen LogP) is 0.248. The van der Waals surface area contributed by atoms with Crippen LogP contribution in [0.15, 0.2) is 0 Å². The van der Waals surface area contributed by atoms with Gasteiger partial charge in [0.2, 0.25) is 5.91 Å². The zero-order chi connectivity index (χ0) is 13.5. The number of carbonyl (C=O) groups is 2. The lowest BCUT2D eigenvalue weighted by molar-refractivity contribution is -0.157. The van der Waals surface area contributed by atoms with Crippen molar-refractivity contribution in [2.45, 2.75) is 45.0 Å². The third kappa shape index (κ3) is 4.62. The molecular weight excluding hydrogens is 238 g/mol. The second-order valence-corrected chi connectivity index (χ2v) is 4.32. The minimum absolute atomic E-state index is 0.0390. The largest absolute Gasteiger partial charge is 0.458 e. The van der Waals surface area contributed by atoms with E-state index in [9.17, 15) is 9.59 Å². The van der Waals surface area contributed by atoms with E-state index in [0.29, 0.717) is 6.42 Å². The summed E-state index contributed by atoms with van der Waals surface area (Å²) in [6, 6.07) is 0. The number of hydrogen-bond acceptors (Lipinski definition) is 5. The molecule has 0 unspecified atom stereocenters. The Kier molecular flexibility index (Phi) is 6.07. The van der Waals surface area contributed by atoms with Gasteiger partial charge in [-0.2, -0.15) is 0 Å². The molecule has 1 N–H and O–H groups in total. The first-order valence-electron chi connectivity index (χ1n) is 6.20. The first-order chi connectivity index (χ1) is 8.56. The summed E-state index contributed by atoms with van der Waals surface area (Å²) in [4.78, 5) is 22.4. The van der Waals surface area contributed by atoms with Gasteiger partial charge in [0.15, 0.2) is 0 Å². The van der Waals surface area contributed by atoms with Crippen LogP contribution in [0.5, 0.6) is 0 Å². The molecule has 18 heavy (non-hydrogen) atoms. The van der Waals surface area contributed by atoms with E-state index in [-0.39, 0.29) is 37.4 Å². The summed E-state index contributed by atoms with van der Waals surface area (Å²) in [5.41, 5.74) is 0. The maximum atomic E-state index is 11.5. The number of nitrogens with one attached hydrogen (secondary N) is 1. The third-order valence-electron chi connectivity index (χ3n) is 2.80. The third-order valence-corrected chi connectivity index (χ3v) is 2.80. The Morgan fingerprint density at radius 1 is 1.39 bits per heavy atom. The van der Waals surface area contributed by atoms with Gasteiger partial charge in [-0.3, -0.25) is 4.79 Å². The van der Waals surface area contributed by atoms with Gasteiger partial charge >= 0.3 is 5.97 Å². The van der Waals surface area contributed by atoms with Gasteiger partial charge in [-0.1, -0.05) is 6.92 Å². The van der Waals surface area contributed by atoms with Crippen molar-refractivity contribution in [2.75, 3.05) is 20.3 Å². The molecule has 1 saturated heterocycles. The minimum Gasteiger partial charge on any atom is -0.458 e. The topological polar surface area (TPSA) is 73.9 Å². The first-order valence-corrected chi connectivity index (χ1v) is 6.20. The zero-order valence-electron chi connectivity index (χ0n) is 11.1. The summed E-state index contributed by atoms with van der Waals surface area (Å²) >= 11 is 0. The van der Waals surface area contributed by atoms with Gasteiger partial charge in [-0.15, -0.1) is 0 Å². The number of ether oxygens (including phenoxy) is 3. The fourth-order valence-electron chi connectivity index (χ4n) is 1.91. The molecule has 0 saturated carbocycles. The molecule has 1 aliphatic rings. The molecule has 3 atom stereocenters. The Labute approximate surface area is 107 Å². The highest BCUT2D eigenvalue weighted by molar-refractivity contribution is 5.77. The summed E-state index contributed by atoms with van der Waals surface area (Å²) < 4.78 is 15.8. The van der Waals surface area contributed by atoms with Crippen molar-refractivity contribution >= 4 is 11.9 Å². The molecule has 1 fully saturated rings. The van der Waals surface area contributed by atoms with E-state index in [1.54, 1.807) is 0 Å². The second-order valence-electron chi connectivity index (χ2n) is 4.32. The molecule has 0 aromatic carbocycles. The van der Waals surface area contributed by atoms with Crippen molar-refractivity contribution in [2.24, 2.45) is 0 Å². The quantitative estimate of drug-likeness (QED) is 0.692. The Bertz CT molecular complexity index is 294. The van der Waals surface area contributed by atoms with Crippen LogP contribution in [-0.2, 0) is 23.8 Å².